The molecule has 20 heavy (non-hydrogen) atoms. The lowest BCUT2D eigenvalue weighted by molar-refractivity contribution is 0.117. The van der Waals surface area contributed by atoms with E-state index in [1.165, 1.54) is 5.56 Å². The summed E-state index contributed by atoms with van der Waals surface area (Å²) in [4.78, 5) is 0. The first-order valence-electron chi connectivity index (χ1n) is 6.78. The summed E-state index contributed by atoms with van der Waals surface area (Å²) in [6.07, 6.45) is 1.84. The summed E-state index contributed by atoms with van der Waals surface area (Å²) < 4.78 is 11.8. The third kappa shape index (κ3) is 1.39. The van der Waals surface area contributed by atoms with Gasteiger partial charge in [0.1, 0.15) is 11.4 Å². The molecule has 1 aromatic heterocycles. The topological polar surface area (TPSA) is 47.1 Å². The molecule has 3 heterocycles. The van der Waals surface area contributed by atoms with Crippen LogP contribution in [0.15, 0.2) is 36.1 Å². The lowest BCUT2D eigenvalue weighted by Gasteiger charge is -2.40. The lowest BCUT2D eigenvalue weighted by Crippen LogP contribution is -2.39. The van der Waals surface area contributed by atoms with E-state index in [0.717, 1.165) is 22.6 Å². The average molecular weight is 268 g/mol. The molecule has 4 heteroatoms. The van der Waals surface area contributed by atoms with Gasteiger partial charge in [0.15, 0.2) is 0 Å². The first-order chi connectivity index (χ1) is 9.58. The van der Waals surface area contributed by atoms with Crippen molar-refractivity contribution in [1.82, 2.24) is 10.2 Å². The molecular formula is C16H16N2O2. The number of para-hydroxylation sites is 1. The Hall–Kier alpha value is -2.23. The molecular weight excluding hydrogens is 252 g/mol. The number of fused-ring (bicyclic) bond motifs is 5. The van der Waals surface area contributed by atoms with Crippen molar-refractivity contribution in [3.63, 3.8) is 0 Å². The molecule has 0 saturated carbocycles. The van der Waals surface area contributed by atoms with Crippen molar-refractivity contribution in [2.24, 2.45) is 0 Å². The maximum absolute atomic E-state index is 6.03. The van der Waals surface area contributed by atoms with Crippen LogP contribution in [0.3, 0.4) is 0 Å². The van der Waals surface area contributed by atoms with Gasteiger partial charge in [-0.2, -0.15) is 0 Å². The van der Waals surface area contributed by atoms with E-state index in [0.29, 0.717) is 5.88 Å². The Kier molecular flexibility index (Phi) is 2.12. The molecule has 2 aliphatic rings. The molecule has 2 aromatic rings. The molecule has 1 N–H and O–H groups in total. The number of benzene rings is 1. The first kappa shape index (κ1) is 11.6. The standard InChI is InChI=1S/C16H16N2O2/c1-9-13-14-10-6-4-5-7-12(10)19-8-11(14)16(2,3)20-15(13)18-17-9/h4-8,14H,1-3H3,(H,17,18)/t14-/m0/s1. The fourth-order valence-corrected chi connectivity index (χ4v) is 3.12. The van der Waals surface area contributed by atoms with Gasteiger partial charge in [-0.1, -0.05) is 18.2 Å². The van der Waals surface area contributed by atoms with Crippen molar-refractivity contribution in [3.8, 4) is 11.6 Å². The lowest BCUT2D eigenvalue weighted by atomic mass is 9.75. The number of H-pyrrole nitrogens is 1. The van der Waals surface area contributed by atoms with Gasteiger partial charge in [-0.3, -0.25) is 5.10 Å². The number of rotatable bonds is 0. The molecule has 4 nitrogen and oxygen atoms in total. The van der Waals surface area contributed by atoms with Crippen LogP contribution in [0.2, 0.25) is 0 Å². The average Bonchev–Trinajstić information content (AvgIpc) is 2.78. The Balaban J connectivity index is 2.02. The van der Waals surface area contributed by atoms with Gasteiger partial charge in [0.05, 0.1) is 6.26 Å². The maximum Gasteiger partial charge on any atom is 0.237 e. The second-order valence-corrected chi connectivity index (χ2v) is 5.84. The summed E-state index contributed by atoms with van der Waals surface area (Å²) in [5.74, 6) is 1.76. The highest BCUT2D eigenvalue weighted by Gasteiger charge is 2.44. The summed E-state index contributed by atoms with van der Waals surface area (Å²) >= 11 is 0. The Morgan fingerprint density at radius 2 is 2.05 bits per heavy atom. The van der Waals surface area contributed by atoms with Crippen LogP contribution in [0.1, 0.15) is 36.6 Å². The second-order valence-electron chi connectivity index (χ2n) is 5.84. The number of aromatic nitrogens is 2. The number of hydrogen-bond acceptors (Lipinski definition) is 3. The maximum atomic E-state index is 6.03. The molecule has 0 fully saturated rings. The minimum Gasteiger partial charge on any atom is -0.466 e. The van der Waals surface area contributed by atoms with Gasteiger partial charge in [0.2, 0.25) is 5.88 Å². The van der Waals surface area contributed by atoms with Crippen molar-refractivity contribution in [1.29, 1.82) is 0 Å². The summed E-state index contributed by atoms with van der Waals surface area (Å²) in [7, 11) is 0. The number of hydrogen-bond donors (Lipinski definition) is 1. The van der Waals surface area contributed by atoms with Crippen molar-refractivity contribution in [3.05, 3.63) is 52.9 Å². The predicted molar refractivity (Wildman–Crippen MR) is 75.0 cm³/mol. The Labute approximate surface area is 117 Å². The van der Waals surface area contributed by atoms with E-state index in [4.69, 9.17) is 9.47 Å². The minimum absolute atomic E-state index is 0.150. The van der Waals surface area contributed by atoms with Crippen LogP contribution in [0, 0.1) is 6.92 Å². The molecule has 102 valence electrons. The van der Waals surface area contributed by atoms with E-state index in [-0.39, 0.29) is 5.92 Å². The first-order valence-corrected chi connectivity index (χ1v) is 6.78. The fourth-order valence-electron chi connectivity index (χ4n) is 3.12. The zero-order valence-electron chi connectivity index (χ0n) is 11.7. The van der Waals surface area contributed by atoms with Crippen molar-refractivity contribution >= 4 is 0 Å². The molecule has 0 bridgehead atoms. The van der Waals surface area contributed by atoms with Crippen LogP contribution in [-0.4, -0.2) is 15.8 Å². The van der Waals surface area contributed by atoms with E-state index >= 15 is 0 Å². The highest BCUT2D eigenvalue weighted by molar-refractivity contribution is 5.57. The molecule has 0 saturated heterocycles. The highest BCUT2D eigenvalue weighted by Crippen LogP contribution is 2.51. The highest BCUT2D eigenvalue weighted by atomic mass is 16.5. The van der Waals surface area contributed by atoms with Gasteiger partial charge >= 0.3 is 0 Å². The Morgan fingerprint density at radius 1 is 1.25 bits per heavy atom. The summed E-state index contributed by atoms with van der Waals surface area (Å²) in [6, 6.07) is 8.15. The molecule has 0 amide bonds. The normalized spacial score (nSPS) is 21.8. The number of nitrogens with zero attached hydrogens (tertiary/aromatic N) is 1. The second kappa shape index (κ2) is 3.66. The van der Waals surface area contributed by atoms with Crippen LogP contribution in [0.4, 0.5) is 0 Å². The quantitative estimate of drug-likeness (QED) is 0.797. The van der Waals surface area contributed by atoms with Crippen molar-refractivity contribution in [2.75, 3.05) is 0 Å². The van der Waals surface area contributed by atoms with Crippen molar-refractivity contribution in [2.45, 2.75) is 32.3 Å². The van der Waals surface area contributed by atoms with Crippen LogP contribution < -0.4 is 9.47 Å². The smallest absolute Gasteiger partial charge is 0.237 e. The zero-order chi connectivity index (χ0) is 13.9. The van der Waals surface area contributed by atoms with Crippen LogP contribution in [-0.2, 0) is 0 Å². The minimum atomic E-state index is -0.424. The van der Waals surface area contributed by atoms with E-state index in [2.05, 4.69) is 30.1 Å². The SMILES string of the molecule is Cc1[nH]nc2c1[C@@H]1C(=COc3ccccc31)C(C)(C)O2. The Morgan fingerprint density at radius 3 is 2.90 bits per heavy atom. The summed E-state index contributed by atoms with van der Waals surface area (Å²) in [5, 5.41) is 7.34. The van der Waals surface area contributed by atoms with E-state index < -0.39 is 5.60 Å². The molecule has 0 unspecified atom stereocenters. The fraction of sp³-hybridized carbons (Fsp3) is 0.312. The zero-order valence-corrected chi connectivity index (χ0v) is 11.7. The predicted octanol–water partition coefficient (Wildman–Crippen LogP) is 3.30. The third-order valence-electron chi connectivity index (χ3n) is 4.15. The van der Waals surface area contributed by atoms with E-state index in [1.807, 2.05) is 31.4 Å². The summed E-state index contributed by atoms with van der Waals surface area (Å²) in [5.41, 5.74) is 4.04. The van der Waals surface area contributed by atoms with Crippen LogP contribution >= 0.6 is 0 Å². The number of nitrogens with one attached hydrogen (secondary N) is 1. The molecule has 0 aliphatic carbocycles. The molecule has 0 radical (unpaired) electrons. The van der Waals surface area contributed by atoms with Gasteiger partial charge in [-0.25, -0.2) is 0 Å². The number of aryl methyl sites for hydroxylation is 1. The summed E-state index contributed by atoms with van der Waals surface area (Å²) in [6.45, 7) is 6.13. The van der Waals surface area contributed by atoms with Gasteiger partial charge < -0.3 is 9.47 Å². The number of aromatic amines is 1. The monoisotopic (exact) mass is 268 g/mol. The van der Waals surface area contributed by atoms with Gasteiger partial charge in [-0.15, -0.1) is 5.10 Å². The van der Waals surface area contributed by atoms with E-state index in [9.17, 15) is 0 Å². The van der Waals surface area contributed by atoms with Crippen molar-refractivity contribution < 1.29 is 9.47 Å². The van der Waals surface area contributed by atoms with E-state index in [1.54, 1.807) is 0 Å². The molecule has 1 atom stereocenters. The molecule has 2 aliphatic heterocycles. The van der Waals surface area contributed by atoms with Gasteiger partial charge in [0, 0.05) is 28.3 Å². The largest absolute Gasteiger partial charge is 0.466 e. The number of ether oxygens (including phenoxy) is 2. The molecule has 4 rings (SSSR count). The van der Waals surface area contributed by atoms with Crippen LogP contribution in [0.5, 0.6) is 11.6 Å². The molecule has 1 aromatic carbocycles. The molecule has 0 spiro atoms. The van der Waals surface area contributed by atoms with Gasteiger partial charge in [-0.05, 0) is 26.8 Å². The van der Waals surface area contributed by atoms with Crippen LogP contribution in [0.25, 0.3) is 0 Å². The Bertz CT molecular complexity index is 728. The van der Waals surface area contributed by atoms with Gasteiger partial charge in [0.25, 0.3) is 0 Å². The third-order valence-corrected chi connectivity index (χ3v) is 4.15.